The number of hydrogen-bond donors (Lipinski definition) is 2. The van der Waals surface area contributed by atoms with E-state index in [-0.39, 0.29) is 11.0 Å². The molecule has 0 aliphatic carbocycles. The highest BCUT2D eigenvalue weighted by Crippen LogP contribution is 2.20. The van der Waals surface area contributed by atoms with Gasteiger partial charge in [0.15, 0.2) is 5.11 Å². The van der Waals surface area contributed by atoms with Crippen molar-refractivity contribution in [1.29, 1.82) is 0 Å². The van der Waals surface area contributed by atoms with Gasteiger partial charge in [-0.05, 0) is 73.7 Å². The Hall–Kier alpha value is -2.93. The maximum atomic E-state index is 12.9. The van der Waals surface area contributed by atoms with Crippen LogP contribution in [0, 0.1) is 0 Å². The standard InChI is InChI=1S/C23H19Cl2N3O2S/c1-2-28(20-6-4-3-5-7-20)22(30)15-8-10-19(11-9-15)26-23(31)27-21(29)16-12-17(24)14-18(25)13-16/h3-14H,2H2,1H3,(H2,26,27,29,31). The summed E-state index contributed by atoms with van der Waals surface area (Å²) in [7, 11) is 0. The number of hydrogen-bond acceptors (Lipinski definition) is 3. The fraction of sp³-hybridized carbons (Fsp3) is 0.0870. The molecule has 0 saturated heterocycles. The second-order valence-corrected chi connectivity index (χ2v) is 7.81. The maximum Gasteiger partial charge on any atom is 0.258 e. The summed E-state index contributed by atoms with van der Waals surface area (Å²) in [5.41, 5.74) is 2.30. The lowest BCUT2D eigenvalue weighted by Crippen LogP contribution is -2.34. The van der Waals surface area contributed by atoms with Crippen LogP contribution in [0.2, 0.25) is 10.0 Å². The lowest BCUT2D eigenvalue weighted by molar-refractivity contribution is 0.0973. The molecule has 0 atom stereocenters. The zero-order valence-corrected chi connectivity index (χ0v) is 18.9. The average molecular weight is 472 g/mol. The third kappa shape index (κ3) is 6.04. The van der Waals surface area contributed by atoms with E-state index in [0.29, 0.717) is 33.4 Å². The summed E-state index contributed by atoms with van der Waals surface area (Å²) in [6.45, 7) is 2.47. The molecule has 0 bridgehead atoms. The molecule has 0 spiro atoms. The monoisotopic (exact) mass is 471 g/mol. The minimum absolute atomic E-state index is 0.103. The molecule has 0 fully saturated rings. The summed E-state index contributed by atoms with van der Waals surface area (Å²) in [5.74, 6) is -0.538. The third-order valence-corrected chi connectivity index (χ3v) is 5.01. The van der Waals surface area contributed by atoms with Gasteiger partial charge in [0.1, 0.15) is 0 Å². The highest BCUT2D eigenvalue weighted by atomic mass is 35.5. The molecule has 0 heterocycles. The second-order valence-electron chi connectivity index (χ2n) is 6.53. The molecule has 2 amide bonds. The normalized spacial score (nSPS) is 10.3. The van der Waals surface area contributed by atoms with Crippen LogP contribution in [0.1, 0.15) is 27.6 Å². The Balaban J connectivity index is 1.64. The van der Waals surface area contributed by atoms with Crippen molar-refractivity contribution in [3.05, 3.63) is 94.0 Å². The van der Waals surface area contributed by atoms with E-state index in [9.17, 15) is 9.59 Å². The smallest absolute Gasteiger partial charge is 0.258 e. The van der Waals surface area contributed by atoms with Crippen molar-refractivity contribution in [3.63, 3.8) is 0 Å². The molecule has 0 radical (unpaired) electrons. The SMILES string of the molecule is CCN(C(=O)c1ccc(NC(=S)NC(=O)c2cc(Cl)cc(Cl)c2)cc1)c1ccccc1. The van der Waals surface area contributed by atoms with Gasteiger partial charge in [0.05, 0.1) is 0 Å². The van der Waals surface area contributed by atoms with Crippen molar-refractivity contribution < 1.29 is 9.59 Å². The van der Waals surface area contributed by atoms with Crippen molar-refractivity contribution in [3.8, 4) is 0 Å². The van der Waals surface area contributed by atoms with Crippen molar-refractivity contribution in [1.82, 2.24) is 5.32 Å². The fourth-order valence-corrected chi connectivity index (χ4v) is 3.66. The summed E-state index contributed by atoms with van der Waals surface area (Å²) in [5, 5.41) is 6.32. The van der Waals surface area contributed by atoms with E-state index in [2.05, 4.69) is 10.6 Å². The van der Waals surface area contributed by atoms with E-state index in [4.69, 9.17) is 35.4 Å². The first-order chi connectivity index (χ1) is 14.9. The number of rotatable bonds is 5. The first kappa shape index (κ1) is 22.7. The molecule has 31 heavy (non-hydrogen) atoms. The zero-order valence-electron chi connectivity index (χ0n) is 16.6. The number of carbonyl (C=O) groups excluding carboxylic acids is 2. The molecular weight excluding hydrogens is 453 g/mol. The molecule has 3 aromatic carbocycles. The quantitative estimate of drug-likeness (QED) is 0.462. The van der Waals surface area contributed by atoms with E-state index in [1.54, 1.807) is 29.2 Å². The van der Waals surface area contributed by atoms with Crippen LogP contribution in [-0.4, -0.2) is 23.5 Å². The molecule has 158 valence electrons. The Morgan fingerprint density at radius 3 is 2.10 bits per heavy atom. The lowest BCUT2D eigenvalue weighted by Gasteiger charge is -2.21. The minimum Gasteiger partial charge on any atom is -0.332 e. The van der Waals surface area contributed by atoms with E-state index in [0.717, 1.165) is 5.69 Å². The van der Waals surface area contributed by atoms with E-state index >= 15 is 0 Å². The molecule has 3 aromatic rings. The van der Waals surface area contributed by atoms with Gasteiger partial charge in [-0.15, -0.1) is 0 Å². The fourth-order valence-electron chi connectivity index (χ4n) is 2.93. The highest BCUT2D eigenvalue weighted by Gasteiger charge is 2.16. The summed E-state index contributed by atoms with van der Waals surface area (Å²) in [6, 6.07) is 20.9. The van der Waals surface area contributed by atoms with Crippen LogP contribution < -0.4 is 15.5 Å². The molecule has 0 aromatic heterocycles. The summed E-state index contributed by atoms with van der Waals surface area (Å²) in [6.07, 6.45) is 0. The zero-order chi connectivity index (χ0) is 22.4. The first-order valence-corrected chi connectivity index (χ1v) is 10.6. The van der Waals surface area contributed by atoms with Gasteiger partial charge in [-0.1, -0.05) is 41.4 Å². The number of carbonyl (C=O) groups is 2. The second kappa shape index (κ2) is 10.4. The molecule has 0 saturated carbocycles. The van der Waals surface area contributed by atoms with Gasteiger partial charge < -0.3 is 10.2 Å². The third-order valence-electron chi connectivity index (χ3n) is 4.37. The molecule has 2 N–H and O–H groups in total. The number of amides is 2. The van der Waals surface area contributed by atoms with Crippen LogP contribution in [0.4, 0.5) is 11.4 Å². The predicted octanol–water partition coefficient (Wildman–Crippen LogP) is 5.79. The van der Waals surface area contributed by atoms with Crippen LogP contribution in [0.3, 0.4) is 0 Å². The van der Waals surface area contributed by atoms with Crippen molar-refractivity contribution in [2.75, 3.05) is 16.8 Å². The van der Waals surface area contributed by atoms with Gasteiger partial charge in [-0.3, -0.25) is 14.9 Å². The van der Waals surface area contributed by atoms with Crippen LogP contribution in [0.5, 0.6) is 0 Å². The average Bonchev–Trinajstić information content (AvgIpc) is 2.74. The van der Waals surface area contributed by atoms with Crippen LogP contribution in [-0.2, 0) is 0 Å². The number of halogens is 2. The molecule has 8 heteroatoms. The molecule has 3 rings (SSSR count). The lowest BCUT2D eigenvalue weighted by atomic mass is 10.1. The Kier molecular flexibility index (Phi) is 7.63. The Morgan fingerprint density at radius 1 is 0.903 bits per heavy atom. The maximum absolute atomic E-state index is 12.9. The molecule has 5 nitrogen and oxygen atoms in total. The van der Waals surface area contributed by atoms with E-state index in [1.807, 2.05) is 37.3 Å². The van der Waals surface area contributed by atoms with Gasteiger partial charge in [0.25, 0.3) is 11.8 Å². The Morgan fingerprint density at radius 2 is 1.52 bits per heavy atom. The number of nitrogens with one attached hydrogen (secondary N) is 2. The van der Waals surface area contributed by atoms with E-state index < -0.39 is 5.91 Å². The Bertz CT molecular complexity index is 1090. The van der Waals surface area contributed by atoms with Crippen LogP contribution in [0.15, 0.2) is 72.8 Å². The number of para-hydroxylation sites is 1. The summed E-state index contributed by atoms with van der Waals surface area (Å²) in [4.78, 5) is 26.9. The van der Waals surface area contributed by atoms with Crippen LogP contribution in [0.25, 0.3) is 0 Å². The minimum atomic E-state index is -0.435. The largest absolute Gasteiger partial charge is 0.332 e. The molecule has 0 aliphatic heterocycles. The number of benzene rings is 3. The number of nitrogens with zero attached hydrogens (tertiary/aromatic N) is 1. The van der Waals surface area contributed by atoms with Crippen molar-refractivity contribution >= 4 is 63.7 Å². The molecule has 0 unspecified atom stereocenters. The summed E-state index contributed by atoms with van der Waals surface area (Å²) < 4.78 is 0. The molecule has 0 aliphatic rings. The summed E-state index contributed by atoms with van der Waals surface area (Å²) >= 11 is 17.1. The number of thiocarbonyl (C=S) groups is 1. The topological polar surface area (TPSA) is 61.4 Å². The first-order valence-electron chi connectivity index (χ1n) is 9.42. The van der Waals surface area contributed by atoms with Crippen LogP contribution >= 0.6 is 35.4 Å². The van der Waals surface area contributed by atoms with Gasteiger partial charge in [-0.25, -0.2) is 0 Å². The van der Waals surface area contributed by atoms with Gasteiger partial charge in [-0.2, -0.15) is 0 Å². The van der Waals surface area contributed by atoms with Gasteiger partial charge in [0, 0.05) is 39.1 Å². The highest BCUT2D eigenvalue weighted by molar-refractivity contribution is 7.80. The van der Waals surface area contributed by atoms with Gasteiger partial charge >= 0.3 is 0 Å². The van der Waals surface area contributed by atoms with Gasteiger partial charge in [0.2, 0.25) is 0 Å². The number of anilines is 2. The molecular formula is C23H19Cl2N3O2S. The van der Waals surface area contributed by atoms with Crippen molar-refractivity contribution in [2.45, 2.75) is 6.92 Å². The van der Waals surface area contributed by atoms with Crippen molar-refractivity contribution in [2.24, 2.45) is 0 Å². The Labute approximate surface area is 196 Å². The predicted molar refractivity (Wildman–Crippen MR) is 130 cm³/mol. The van der Waals surface area contributed by atoms with E-state index in [1.165, 1.54) is 18.2 Å².